The van der Waals surface area contributed by atoms with Crippen molar-refractivity contribution in [2.75, 3.05) is 17.1 Å². The van der Waals surface area contributed by atoms with Gasteiger partial charge >= 0.3 is 0 Å². The number of benzene rings is 3. The number of amides is 2. The lowest BCUT2D eigenvalue weighted by Gasteiger charge is -2.35. The van der Waals surface area contributed by atoms with Crippen LogP contribution in [-0.2, 0) is 32.6 Å². The third-order valence-electron chi connectivity index (χ3n) is 7.44. The average molecular weight is 686 g/mol. The van der Waals surface area contributed by atoms with E-state index in [9.17, 15) is 18.0 Å². The summed E-state index contributed by atoms with van der Waals surface area (Å²) in [5.74, 6) is -0.914. The molecule has 1 N–H and O–H groups in total. The highest BCUT2D eigenvalue weighted by atomic mass is 35.5. The number of rotatable bonds is 11. The molecular formula is C31H33Cl4N3O4S. The molecule has 4 rings (SSSR count). The number of nitrogens with zero attached hydrogens (tertiary/aromatic N) is 2. The molecule has 1 fully saturated rings. The second-order valence-electron chi connectivity index (χ2n) is 10.7. The first-order valence-electron chi connectivity index (χ1n) is 13.9. The van der Waals surface area contributed by atoms with Crippen LogP contribution in [0.5, 0.6) is 0 Å². The summed E-state index contributed by atoms with van der Waals surface area (Å²) in [7, 11) is -3.99. The van der Waals surface area contributed by atoms with Crippen LogP contribution < -0.4 is 9.62 Å². The molecule has 12 heteroatoms. The zero-order valence-corrected chi connectivity index (χ0v) is 27.5. The molecular weight excluding hydrogens is 652 g/mol. The van der Waals surface area contributed by atoms with Crippen molar-refractivity contribution >= 4 is 73.9 Å². The Labute approximate surface area is 273 Å². The number of hydrogen-bond donors (Lipinski definition) is 1. The lowest BCUT2D eigenvalue weighted by atomic mass is 9.94. The molecule has 3 aromatic rings. The van der Waals surface area contributed by atoms with E-state index in [2.05, 4.69) is 5.32 Å². The predicted molar refractivity (Wildman–Crippen MR) is 175 cm³/mol. The average Bonchev–Trinajstić information content (AvgIpc) is 2.97. The zero-order valence-electron chi connectivity index (χ0n) is 23.6. The predicted octanol–water partition coefficient (Wildman–Crippen LogP) is 7.16. The number of halogens is 4. The summed E-state index contributed by atoms with van der Waals surface area (Å²) in [5.41, 5.74) is 1.53. The first kappa shape index (κ1) is 33.4. The summed E-state index contributed by atoms with van der Waals surface area (Å²) in [6.45, 7) is -0.631. The maximum atomic E-state index is 14.3. The Morgan fingerprint density at radius 2 is 1.56 bits per heavy atom. The van der Waals surface area contributed by atoms with Crippen LogP contribution in [0.2, 0.25) is 20.1 Å². The topological polar surface area (TPSA) is 86.8 Å². The molecule has 0 aliphatic heterocycles. The standard InChI is InChI=1S/C31H33Cl4N3O4S/c1-43(41,42)38(27-14-8-13-25(33)30(27)35)20-29(39)37(19-22-15-16-24(32)26(34)17-22)28(18-21-9-4-2-5-10-21)31(40)36-23-11-6-3-7-12-23/h2,4-5,8-10,13-17,23,28H,3,6-7,11-12,18-20H2,1H3,(H,36,40). The molecule has 0 heterocycles. The Morgan fingerprint density at radius 3 is 2.21 bits per heavy atom. The summed E-state index contributed by atoms with van der Waals surface area (Å²) >= 11 is 25.0. The SMILES string of the molecule is CS(=O)(=O)N(CC(=O)N(Cc1ccc(Cl)c(Cl)c1)C(Cc1ccccc1)C(=O)NC1CCCCC1)c1cccc(Cl)c1Cl. The van der Waals surface area contributed by atoms with Crippen LogP contribution in [0.1, 0.15) is 43.2 Å². The van der Waals surface area contributed by atoms with Crippen LogP contribution in [0.4, 0.5) is 5.69 Å². The maximum Gasteiger partial charge on any atom is 0.244 e. The number of sulfonamides is 1. The van der Waals surface area contributed by atoms with Crippen LogP contribution in [0.25, 0.3) is 0 Å². The van der Waals surface area contributed by atoms with Gasteiger partial charge in [0.2, 0.25) is 21.8 Å². The van der Waals surface area contributed by atoms with Gasteiger partial charge in [-0.15, -0.1) is 0 Å². The molecule has 0 aromatic heterocycles. The van der Waals surface area contributed by atoms with Crippen LogP contribution in [-0.4, -0.2) is 50.0 Å². The quantitative estimate of drug-likeness (QED) is 0.232. The molecule has 230 valence electrons. The van der Waals surface area contributed by atoms with E-state index in [1.165, 1.54) is 17.0 Å². The Hall–Kier alpha value is -2.49. The maximum absolute atomic E-state index is 14.3. The van der Waals surface area contributed by atoms with Gasteiger partial charge in [0.15, 0.2) is 0 Å². The Balaban J connectivity index is 1.76. The minimum absolute atomic E-state index is 0.000706. The number of carbonyl (C=O) groups excluding carboxylic acids is 2. The van der Waals surface area contributed by atoms with Gasteiger partial charge in [0.05, 0.1) is 32.0 Å². The Morgan fingerprint density at radius 1 is 0.860 bits per heavy atom. The van der Waals surface area contributed by atoms with Crippen molar-refractivity contribution in [3.63, 3.8) is 0 Å². The van der Waals surface area contributed by atoms with Gasteiger partial charge in [-0.2, -0.15) is 0 Å². The van der Waals surface area contributed by atoms with Gasteiger partial charge in [0.25, 0.3) is 0 Å². The molecule has 0 saturated heterocycles. The summed E-state index contributed by atoms with van der Waals surface area (Å²) < 4.78 is 26.9. The van der Waals surface area contributed by atoms with Crippen LogP contribution in [0.3, 0.4) is 0 Å². The molecule has 1 unspecified atom stereocenters. The largest absolute Gasteiger partial charge is 0.352 e. The first-order chi connectivity index (χ1) is 20.4. The molecule has 1 aliphatic carbocycles. The van der Waals surface area contributed by atoms with E-state index in [-0.39, 0.29) is 40.6 Å². The van der Waals surface area contributed by atoms with Crippen LogP contribution >= 0.6 is 46.4 Å². The molecule has 1 atom stereocenters. The van der Waals surface area contributed by atoms with Gasteiger partial charge in [-0.1, -0.05) is 108 Å². The van der Waals surface area contributed by atoms with E-state index in [1.807, 2.05) is 30.3 Å². The van der Waals surface area contributed by atoms with E-state index in [0.717, 1.165) is 48.2 Å². The molecule has 43 heavy (non-hydrogen) atoms. The number of hydrogen-bond acceptors (Lipinski definition) is 4. The Kier molecular flexibility index (Phi) is 11.6. The third kappa shape index (κ3) is 9.02. The molecule has 0 spiro atoms. The van der Waals surface area contributed by atoms with Crippen molar-refractivity contribution in [2.24, 2.45) is 0 Å². The van der Waals surface area contributed by atoms with Crippen LogP contribution in [0.15, 0.2) is 66.7 Å². The number of nitrogens with one attached hydrogen (secondary N) is 1. The van der Waals surface area contributed by atoms with Gasteiger partial charge in [-0.3, -0.25) is 13.9 Å². The molecule has 1 saturated carbocycles. The van der Waals surface area contributed by atoms with E-state index in [1.54, 1.807) is 24.3 Å². The van der Waals surface area contributed by atoms with Crippen LogP contribution in [0, 0.1) is 0 Å². The minimum atomic E-state index is -3.99. The number of anilines is 1. The van der Waals surface area contributed by atoms with E-state index in [0.29, 0.717) is 15.6 Å². The van der Waals surface area contributed by atoms with Crippen molar-refractivity contribution in [2.45, 2.75) is 57.2 Å². The van der Waals surface area contributed by atoms with Crippen molar-refractivity contribution in [1.29, 1.82) is 0 Å². The fourth-order valence-electron chi connectivity index (χ4n) is 5.21. The van der Waals surface area contributed by atoms with E-state index >= 15 is 0 Å². The molecule has 0 radical (unpaired) electrons. The lowest BCUT2D eigenvalue weighted by molar-refractivity contribution is -0.140. The lowest BCUT2D eigenvalue weighted by Crippen LogP contribution is -2.55. The van der Waals surface area contributed by atoms with Gasteiger partial charge in [0, 0.05) is 19.0 Å². The summed E-state index contributed by atoms with van der Waals surface area (Å²) in [5, 5.41) is 3.94. The van der Waals surface area contributed by atoms with Crippen molar-refractivity contribution in [3.8, 4) is 0 Å². The van der Waals surface area contributed by atoms with Gasteiger partial charge in [-0.05, 0) is 48.2 Å². The molecule has 3 aromatic carbocycles. The highest BCUT2D eigenvalue weighted by Crippen LogP contribution is 2.34. The second kappa shape index (κ2) is 15.0. The van der Waals surface area contributed by atoms with Crippen molar-refractivity contribution in [1.82, 2.24) is 10.2 Å². The molecule has 2 amide bonds. The van der Waals surface area contributed by atoms with E-state index in [4.69, 9.17) is 46.4 Å². The number of carbonyl (C=O) groups is 2. The fourth-order valence-corrected chi connectivity index (χ4v) is 6.84. The third-order valence-corrected chi connectivity index (χ3v) is 10.1. The first-order valence-corrected chi connectivity index (χ1v) is 17.3. The smallest absolute Gasteiger partial charge is 0.244 e. The second-order valence-corrected chi connectivity index (χ2v) is 14.2. The highest BCUT2D eigenvalue weighted by molar-refractivity contribution is 7.92. The fraction of sp³-hybridized carbons (Fsp3) is 0.355. The monoisotopic (exact) mass is 683 g/mol. The zero-order chi connectivity index (χ0) is 31.1. The summed E-state index contributed by atoms with van der Waals surface area (Å²) in [4.78, 5) is 29.7. The van der Waals surface area contributed by atoms with Gasteiger partial charge in [0.1, 0.15) is 12.6 Å². The highest BCUT2D eigenvalue weighted by Gasteiger charge is 2.34. The molecule has 1 aliphatic rings. The molecule has 7 nitrogen and oxygen atoms in total. The van der Waals surface area contributed by atoms with Crippen molar-refractivity contribution in [3.05, 3.63) is 97.9 Å². The molecule has 0 bridgehead atoms. The van der Waals surface area contributed by atoms with Gasteiger partial charge < -0.3 is 10.2 Å². The van der Waals surface area contributed by atoms with E-state index < -0.39 is 28.5 Å². The van der Waals surface area contributed by atoms with Crippen molar-refractivity contribution < 1.29 is 18.0 Å². The Bertz CT molecular complexity index is 1550. The minimum Gasteiger partial charge on any atom is -0.352 e. The normalized spacial score (nSPS) is 14.6. The summed E-state index contributed by atoms with van der Waals surface area (Å²) in [6.07, 6.45) is 6.07. The summed E-state index contributed by atoms with van der Waals surface area (Å²) in [6, 6.07) is 17.9. The van der Waals surface area contributed by atoms with Gasteiger partial charge in [-0.25, -0.2) is 8.42 Å².